The number of hydrogen-bond acceptors (Lipinski definition) is 4. The van der Waals surface area contributed by atoms with Crippen molar-refractivity contribution in [3.8, 4) is 0 Å². The lowest BCUT2D eigenvalue weighted by Gasteiger charge is -2.39. The second-order valence-electron chi connectivity index (χ2n) is 6.19. The number of ether oxygens (including phenoxy) is 2. The summed E-state index contributed by atoms with van der Waals surface area (Å²) in [5.74, 6) is 0.189. The van der Waals surface area contributed by atoms with Gasteiger partial charge in [0.15, 0.2) is 14.4 Å². The van der Waals surface area contributed by atoms with Crippen molar-refractivity contribution in [1.29, 1.82) is 0 Å². The average Bonchev–Trinajstić information content (AvgIpc) is 2.57. The largest absolute Gasteiger partial charge is 0.497 e. The van der Waals surface area contributed by atoms with Gasteiger partial charge in [0.05, 0.1) is 19.3 Å². The van der Waals surface area contributed by atoms with E-state index in [1.165, 1.54) is 6.08 Å². The van der Waals surface area contributed by atoms with E-state index in [2.05, 4.69) is 33.9 Å². The molecule has 18 heavy (non-hydrogen) atoms. The van der Waals surface area contributed by atoms with E-state index in [9.17, 15) is 4.79 Å². The van der Waals surface area contributed by atoms with Gasteiger partial charge in [-0.05, 0) is 25.1 Å². The van der Waals surface area contributed by atoms with Gasteiger partial charge in [-0.25, -0.2) is 4.79 Å². The molecule has 1 aliphatic heterocycles. The Morgan fingerprint density at radius 1 is 1.39 bits per heavy atom. The van der Waals surface area contributed by atoms with Gasteiger partial charge in [-0.1, -0.05) is 20.8 Å². The fraction of sp³-hybridized carbons (Fsp3) is 0.769. The average molecular weight is 272 g/mol. The van der Waals surface area contributed by atoms with Crippen LogP contribution in [0.5, 0.6) is 0 Å². The zero-order valence-electron chi connectivity index (χ0n) is 12.4. The number of hydrogen-bond donors (Lipinski definition) is 0. The molecule has 2 atom stereocenters. The number of methoxy groups -OCH3 is 1. The molecule has 1 unspecified atom stereocenters. The fourth-order valence-electron chi connectivity index (χ4n) is 1.62. The van der Waals surface area contributed by atoms with Crippen LogP contribution in [0.2, 0.25) is 18.1 Å². The van der Waals surface area contributed by atoms with Crippen LogP contribution in [-0.4, -0.2) is 33.6 Å². The molecule has 0 bridgehead atoms. The van der Waals surface area contributed by atoms with Crippen molar-refractivity contribution in [2.45, 2.75) is 58.0 Å². The number of cyclic esters (lactones) is 1. The zero-order chi connectivity index (χ0) is 14.1. The van der Waals surface area contributed by atoms with Crippen LogP contribution in [0, 0.1) is 0 Å². The molecule has 0 aliphatic carbocycles. The summed E-state index contributed by atoms with van der Waals surface area (Å²) in [7, 11) is -0.332. The summed E-state index contributed by atoms with van der Waals surface area (Å²) in [6.45, 7) is 12.8. The SMILES string of the molecule is COC1=CC(=O)OC1[C@H](C)O[Si](C)(C)C(C)(C)C. The van der Waals surface area contributed by atoms with Gasteiger partial charge in [0.25, 0.3) is 0 Å². The predicted octanol–water partition coefficient (Wildman–Crippen LogP) is 2.85. The van der Waals surface area contributed by atoms with Gasteiger partial charge >= 0.3 is 5.97 Å². The molecule has 0 aromatic rings. The van der Waals surface area contributed by atoms with Gasteiger partial charge in [-0.3, -0.25) is 0 Å². The lowest BCUT2D eigenvalue weighted by atomic mass is 10.2. The predicted molar refractivity (Wildman–Crippen MR) is 72.7 cm³/mol. The second-order valence-corrected chi connectivity index (χ2v) is 10.9. The maximum Gasteiger partial charge on any atom is 0.335 e. The molecule has 0 aromatic carbocycles. The van der Waals surface area contributed by atoms with Gasteiger partial charge in [-0.2, -0.15) is 0 Å². The molecule has 0 radical (unpaired) electrons. The van der Waals surface area contributed by atoms with Gasteiger partial charge in [-0.15, -0.1) is 0 Å². The first-order valence-electron chi connectivity index (χ1n) is 6.22. The molecule has 0 saturated heterocycles. The Morgan fingerprint density at radius 2 is 1.94 bits per heavy atom. The number of rotatable bonds is 4. The minimum atomic E-state index is -1.87. The Morgan fingerprint density at radius 3 is 2.39 bits per heavy atom. The summed E-state index contributed by atoms with van der Waals surface area (Å²) in [6, 6.07) is 0. The molecule has 0 fully saturated rings. The zero-order valence-corrected chi connectivity index (χ0v) is 13.4. The van der Waals surface area contributed by atoms with Crippen LogP contribution in [0.25, 0.3) is 0 Å². The summed E-state index contributed by atoms with van der Waals surface area (Å²) >= 11 is 0. The van der Waals surface area contributed by atoms with Crippen molar-refractivity contribution < 1.29 is 18.7 Å². The summed E-state index contributed by atoms with van der Waals surface area (Å²) in [5.41, 5.74) is 0. The van der Waals surface area contributed by atoms with Gasteiger partial charge in [0.1, 0.15) is 5.76 Å². The van der Waals surface area contributed by atoms with Crippen LogP contribution in [0.15, 0.2) is 11.8 Å². The summed E-state index contributed by atoms with van der Waals surface area (Å²) in [6.07, 6.45) is 0.774. The Hall–Kier alpha value is -0.813. The van der Waals surface area contributed by atoms with Gasteiger partial charge < -0.3 is 13.9 Å². The van der Waals surface area contributed by atoms with Crippen LogP contribution >= 0.6 is 0 Å². The minimum Gasteiger partial charge on any atom is -0.497 e. The Labute approximate surface area is 110 Å². The van der Waals surface area contributed by atoms with E-state index in [0.717, 1.165) is 0 Å². The minimum absolute atomic E-state index is 0.126. The molecule has 5 heteroatoms. The van der Waals surface area contributed by atoms with E-state index in [1.807, 2.05) is 6.92 Å². The summed E-state index contributed by atoms with van der Waals surface area (Å²) in [5, 5.41) is 0.126. The van der Waals surface area contributed by atoms with E-state index in [0.29, 0.717) is 5.76 Å². The lowest BCUT2D eigenvalue weighted by Crippen LogP contribution is -2.46. The molecular weight excluding hydrogens is 248 g/mol. The molecule has 4 nitrogen and oxygen atoms in total. The molecule has 1 heterocycles. The molecule has 1 rings (SSSR count). The van der Waals surface area contributed by atoms with Crippen molar-refractivity contribution in [2.75, 3.05) is 7.11 Å². The highest BCUT2D eigenvalue weighted by atomic mass is 28.4. The van der Waals surface area contributed by atoms with Crippen molar-refractivity contribution in [2.24, 2.45) is 0 Å². The fourth-order valence-corrected chi connectivity index (χ4v) is 3.03. The Balaban J connectivity index is 2.76. The molecule has 104 valence electrons. The molecule has 0 saturated carbocycles. The van der Waals surface area contributed by atoms with Crippen LogP contribution < -0.4 is 0 Å². The number of carbonyl (C=O) groups excluding carboxylic acids is 1. The van der Waals surface area contributed by atoms with Crippen LogP contribution in [0.4, 0.5) is 0 Å². The summed E-state index contributed by atoms with van der Waals surface area (Å²) in [4.78, 5) is 11.3. The van der Waals surface area contributed by atoms with Crippen LogP contribution in [0.3, 0.4) is 0 Å². The lowest BCUT2D eigenvalue weighted by molar-refractivity contribution is -0.143. The highest BCUT2D eigenvalue weighted by Crippen LogP contribution is 2.38. The molecular formula is C13H24O4Si. The van der Waals surface area contributed by atoms with E-state index < -0.39 is 14.4 Å². The van der Waals surface area contributed by atoms with E-state index in [1.54, 1.807) is 7.11 Å². The van der Waals surface area contributed by atoms with Gasteiger partial charge in [0, 0.05) is 0 Å². The molecule has 0 aromatic heterocycles. The van der Waals surface area contributed by atoms with Crippen LogP contribution in [0.1, 0.15) is 27.7 Å². The highest BCUT2D eigenvalue weighted by Gasteiger charge is 2.42. The Kier molecular flexibility index (Phi) is 4.28. The normalized spacial score (nSPS) is 22.5. The smallest absolute Gasteiger partial charge is 0.335 e. The van der Waals surface area contributed by atoms with Crippen molar-refractivity contribution in [3.63, 3.8) is 0 Å². The third-order valence-corrected chi connectivity index (χ3v) is 8.31. The third kappa shape index (κ3) is 3.14. The second kappa shape index (κ2) is 5.05. The maximum atomic E-state index is 11.3. The first kappa shape index (κ1) is 15.2. The topological polar surface area (TPSA) is 44.8 Å². The monoisotopic (exact) mass is 272 g/mol. The summed E-state index contributed by atoms with van der Waals surface area (Å²) < 4.78 is 16.6. The Bertz CT molecular complexity index is 354. The number of carbonyl (C=O) groups is 1. The van der Waals surface area contributed by atoms with Gasteiger partial charge in [0.2, 0.25) is 0 Å². The third-order valence-electron chi connectivity index (χ3n) is 3.73. The molecule has 0 spiro atoms. The first-order chi connectivity index (χ1) is 8.08. The van der Waals surface area contributed by atoms with E-state index >= 15 is 0 Å². The molecule has 1 aliphatic rings. The van der Waals surface area contributed by atoms with Crippen LogP contribution in [-0.2, 0) is 18.7 Å². The highest BCUT2D eigenvalue weighted by molar-refractivity contribution is 6.74. The molecule has 0 N–H and O–H groups in total. The van der Waals surface area contributed by atoms with Crippen molar-refractivity contribution in [3.05, 3.63) is 11.8 Å². The standard InChI is InChI=1S/C13H24O4Si/c1-9(17-18(6,7)13(2,3)4)12-10(15-5)8-11(14)16-12/h8-9,12H,1-7H3/t9-,12?/m0/s1. The molecule has 0 amide bonds. The van der Waals surface area contributed by atoms with E-state index in [-0.39, 0.29) is 17.1 Å². The first-order valence-corrected chi connectivity index (χ1v) is 9.13. The van der Waals surface area contributed by atoms with Crippen molar-refractivity contribution in [1.82, 2.24) is 0 Å². The quantitative estimate of drug-likeness (QED) is 0.583. The van der Waals surface area contributed by atoms with E-state index in [4.69, 9.17) is 13.9 Å². The maximum absolute atomic E-state index is 11.3. The van der Waals surface area contributed by atoms with Crippen molar-refractivity contribution >= 4 is 14.3 Å². The number of esters is 1.